The van der Waals surface area contributed by atoms with Crippen LogP contribution in [0.3, 0.4) is 0 Å². The monoisotopic (exact) mass is 393 g/mol. The fraction of sp³-hybridized carbons (Fsp3) is 0.500. The van der Waals surface area contributed by atoms with Gasteiger partial charge in [0, 0.05) is 16.6 Å². The van der Waals surface area contributed by atoms with Crippen LogP contribution in [-0.2, 0) is 4.79 Å². The molecule has 1 amide bonds. The summed E-state index contributed by atoms with van der Waals surface area (Å²) >= 11 is 7.42. The van der Waals surface area contributed by atoms with Crippen LogP contribution in [0.5, 0.6) is 0 Å². The number of halogens is 1. The van der Waals surface area contributed by atoms with E-state index in [-0.39, 0.29) is 11.2 Å². The summed E-state index contributed by atoms with van der Waals surface area (Å²) in [5.74, 6) is 7.27. The van der Waals surface area contributed by atoms with E-state index in [0.717, 1.165) is 24.2 Å². The smallest absolute Gasteiger partial charge is 0.237 e. The third-order valence-electron chi connectivity index (χ3n) is 4.84. The molecule has 0 spiro atoms. The summed E-state index contributed by atoms with van der Waals surface area (Å²) in [6.45, 7) is 3.71. The SMILES string of the molecule is Cc1c(Cl)cccc1NC(=O)[C@H](C)Sc1nnc(C2CCCCC2)n1N. The minimum absolute atomic E-state index is 0.123. The van der Waals surface area contributed by atoms with Gasteiger partial charge in [-0.1, -0.05) is 48.7 Å². The van der Waals surface area contributed by atoms with Crippen molar-refractivity contribution in [2.24, 2.45) is 0 Å². The van der Waals surface area contributed by atoms with E-state index in [2.05, 4.69) is 15.5 Å². The lowest BCUT2D eigenvalue weighted by molar-refractivity contribution is -0.115. The summed E-state index contributed by atoms with van der Waals surface area (Å²) in [5.41, 5.74) is 1.56. The van der Waals surface area contributed by atoms with E-state index < -0.39 is 0 Å². The largest absolute Gasteiger partial charge is 0.336 e. The lowest BCUT2D eigenvalue weighted by atomic mass is 9.89. The van der Waals surface area contributed by atoms with Gasteiger partial charge in [0.2, 0.25) is 11.1 Å². The molecule has 1 atom stereocenters. The number of nitrogens with one attached hydrogen (secondary N) is 1. The maximum Gasteiger partial charge on any atom is 0.237 e. The first-order valence-corrected chi connectivity index (χ1v) is 10.2. The Hall–Kier alpha value is -1.73. The molecule has 6 nitrogen and oxygen atoms in total. The second-order valence-electron chi connectivity index (χ2n) is 6.71. The molecule has 0 radical (unpaired) electrons. The Kier molecular flexibility index (Phi) is 6.09. The van der Waals surface area contributed by atoms with Crippen molar-refractivity contribution in [3.63, 3.8) is 0 Å². The van der Waals surface area contributed by atoms with Gasteiger partial charge in [-0.3, -0.25) is 4.79 Å². The van der Waals surface area contributed by atoms with E-state index in [1.54, 1.807) is 10.7 Å². The average molecular weight is 394 g/mol. The second-order valence-corrected chi connectivity index (χ2v) is 8.42. The predicted molar refractivity (Wildman–Crippen MR) is 106 cm³/mol. The number of rotatable bonds is 5. The zero-order valence-electron chi connectivity index (χ0n) is 15.0. The van der Waals surface area contributed by atoms with Crippen LogP contribution in [0, 0.1) is 6.92 Å². The van der Waals surface area contributed by atoms with Crippen LogP contribution >= 0.6 is 23.4 Å². The fourth-order valence-electron chi connectivity index (χ4n) is 3.20. The molecule has 140 valence electrons. The van der Waals surface area contributed by atoms with Crippen LogP contribution in [-0.4, -0.2) is 26.0 Å². The highest BCUT2D eigenvalue weighted by Crippen LogP contribution is 2.33. The number of thioether (sulfide) groups is 1. The molecule has 1 aliphatic carbocycles. The Bertz CT molecular complexity index is 788. The summed E-state index contributed by atoms with van der Waals surface area (Å²) in [6, 6.07) is 5.45. The topological polar surface area (TPSA) is 85.8 Å². The third kappa shape index (κ3) is 4.15. The molecule has 0 saturated heterocycles. The number of carbonyl (C=O) groups excluding carboxylic acids is 1. The minimum Gasteiger partial charge on any atom is -0.336 e. The van der Waals surface area contributed by atoms with E-state index in [1.807, 2.05) is 26.0 Å². The third-order valence-corrected chi connectivity index (χ3v) is 6.30. The molecule has 0 unspecified atom stereocenters. The Morgan fingerprint density at radius 3 is 2.81 bits per heavy atom. The van der Waals surface area contributed by atoms with Crippen molar-refractivity contribution >= 4 is 35.0 Å². The van der Waals surface area contributed by atoms with Crippen LogP contribution in [0.4, 0.5) is 5.69 Å². The van der Waals surface area contributed by atoms with E-state index in [0.29, 0.717) is 21.8 Å². The molecule has 0 bridgehead atoms. The van der Waals surface area contributed by atoms with Gasteiger partial charge in [0.05, 0.1) is 5.25 Å². The molecule has 1 aromatic carbocycles. The van der Waals surface area contributed by atoms with Crippen LogP contribution in [0.15, 0.2) is 23.4 Å². The molecule has 2 aromatic rings. The van der Waals surface area contributed by atoms with Crippen LogP contribution in [0.25, 0.3) is 0 Å². The van der Waals surface area contributed by atoms with Gasteiger partial charge < -0.3 is 11.2 Å². The van der Waals surface area contributed by atoms with Crippen LogP contribution in [0.1, 0.15) is 56.3 Å². The highest BCUT2D eigenvalue weighted by Gasteiger charge is 2.25. The van der Waals surface area contributed by atoms with Gasteiger partial charge in [0.15, 0.2) is 5.82 Å². The summed E-state index contributed by atoms with van der Waals surface area (Å²) in [4.78, 5) is 12.5. The molecule has 3 N–H and O–H groups in total. The number of anilines is 1. The van der Waals surface area contributed by atoms with E-state index >= 15 is 0 Å². The molecular weight excluding hydrogens is 370 g/mol. The van der Waals surface area contributed by atoms with Gasteiger partial charge >= 0.3 is 0 Å². The Morgan fingerprint density at radius 2 is 2.08 bits per heavy atom. The molecular formula is C18H24ClN5OS. The summed E-state index contributed by atoms with van der Waals surface area (Å²) in [5, 5.41) is 12.2. The zero-order valence-corrected chi connectivity index (χ0v) is 16.6. The first kappa shape index (κ1) is 19.0. The molecule has 0 aliphatic heterocycles. The molecule has 3 rings (SSSR count). The van der Waals surface area contributed by atoms with Crippen molar-refractivity contribution in [3.05, 3.63) is 34.6 Å². The van der Waals surface area contributed by atoms with Crippen molar-refractivity contribution in [2.45, 2.75) is 62.3 Å². The summed E-state index contributed by atoms with van der Waals surface area (Å²) < 4.78 is 1.55. The number of nitrogens with two attached hydrogens (primary N) is 1. The number of hydrogen-bond donors (Lipinski definition) is 2. The Labute approximate surface area is 162 Å². The van der Waals surface area contributed by atoms with Crippen molar-refractivity contribution in [3.8, 4) is 0 Å². The molecule has 1 saturated carbocycles. The number of benzene rings is 1. The molecule has 1 heterocycles. The van der Waals surface area contributed by atoms with Gasteiger partial charge in [-0.2, -0.15) is 0 Å². The number of nitrogens with zero attached hydrogens (tertiary/aromatic N) is 3. The molecule has 1 aromatic heterocycles. The van der Waals surface area contributed by atoms with Crippen molar-refractivity contribution in [1.82, 2.24) is 14.9 Å². The number of hydrogen-bond acceptors (Lipinski definition) is 5. The first-order chi connectivity index (χ1) is 12.5. The highest BCUT2D eigenvalue weighted by atomic mass is 35.5. The summed E-state index contributed by atoms with van der Waals surface area (Å²) in [7, 11) is 0. The molecule has 8 heteroatoms. The van der Waals surface area contributed by atoms with Crippen molar-refractivity contribution in [1.29, 1.82) is 0 Å². The van der Waals surface area contributed by atoms with Crippen molar-refractivity contribution in [2.75, 3.05) is 11.2 Å². The Morgan fingerprint density at radius 1 is 1.35 bits per heavy atom. The van der Waals surface area contributed by atoms with Crippen molar-refractivity contribution < 1.29 is 4.79 Å². The number of amides is 1. The van der Waals surface area contributed by atoms with Crippen LogP contribution < -0.4 is 11.2 Å². The lowest BCUT2D eigenvalue weighted by Gasteiger charge is -2.20. The second kappa shape index (κ2) is 8.31. The van der Waals surface area contributed by atoms with Gasteiger partial charge in [0.25, 0.3) is 0 Å². The van der Waals surface area contributed by atoms with E-state index in [9.17, 15) is 4.79 Å². The number of nitrogen functional groups attached to an aromatic ring is 1. The Balaban J connectivity index is 1.66. The number of carbonyl (C=O) groups is 1. The quantitative estimate of drug-likeness (QED) is 0.589. The minimum atomic E-state index is -0.362. The number of aromatic nitrogens is 3. The van der Waals surface area contributed by atoms with Crippen LogP contribution in [0.2, 0.25) is 5.02 Å². The molecule has 1 aliphatic rings. The lowest BCUT2D eigenvalue weighted by Crippen LogP contribution is -2.24. The van der Waals surface area contributed by atoms with Gasteiger partial charge in [-0.05, 0) is 44.4 Å². The molecule has 26 heavy (non-hydrogen) atoms. The normalized spacial score (nSPS) is 16.4. The van der Waals surface area contributed by atoms with Gasteiger partial charge in [-0.25, -0.2) is 4.68 Å². The first-order valence-electron chi connectivity index (χ1n) is 8.90. The zero-order chi connectivity index (χ0) is 18.7. The average Bonchev–Trinajstić information content (AvgIpc) is 3.00. The van der Waals surface area contributed by atoms with E-state index in [1.165, 1.54) is 31.0 Å². The summed E-state index contributed by atoms with van der Waals surface area (Å²) in [6.07, 6.45) is 5.89. The fourth-order valence-corrected chi connectivity index (χ4v) is 4.15. The van der Waals surface area contributed by atoms with Gasteiger partial charge in [0.1, 0.15) is 0 Å². The van der Waals surface area contributed by atoms with Gasteiger partial charge in [-0.15, -0.1) is 10.2 Å². The standard InChI is InChI=1S/C18H24ClN5OS/c1-11-14(19)9-6-10-15(11)21-17(25)12(2)26-18-23-22-16(24(18)20)13-7-4-3-5-8-13/h6,9-10,12-13H,3-5,7-8,20H2,1-2H3,(H,21,25)/t12-/m0/s1. The predicted octanol–water partition coefficient (Wildman–Crippen LogP) is 4.12. The maximum atomic E-state index is 12.5. The van der Waals surface area contributed by atoms with E-state index in [4.69, 9.17) is 17.4 Å². The highest BCUT2D eigenvalue weighted by molar-refractivity contribution is 8.00. The molecule has 1 fully saturated rings. The maximum absolute atomic E-state index is 12.5.